The molecule has 0 radical (unpaired) electrons. The molecule has 0 saturated carbocycles. The maximum atomic E-state index is 4.74. The van der Waals surface area contributed by atoms with Gasteiger partial charge in [0.15, 0.2) is 0 Å². The largest absolute Gasteiger partial charge is 0.356 e. The second kappa shape index (κ2) is 6.89. The fourth-order valence-electron chi connectivity index (χ4n) is 5.09. The van der Waals surface area contributed by atoms with Crippen LogP contribution in [0.1, 0.15) is 49.8 Å². The molecule has 0 amide bonds. The number of aromatic nitrogens is 4. The Morgan fingerprint density at radius 3 is 2.63 bits per heavy atom. The Bertz CT molecular complexity index is 799. The summed E-state index contributed by atoms with van der Waals surface area (Å²) in [6.45, 7) is 11.2. The lowest BCUT2D eigenvalue weighted by Crippen LogP contribution is -2.30. The molecular formula is C21H30N6. The highest BCUT2D eigenvalue weighted by molar-refractivity contribution is 5.41. The van der Waals surface area contributed by atoms with Gasteiger partial charge >= 0.3 is 0 Å². The lowest BCUT2D eigenvalue weighted by molar-refractivity contribution is 0.293. The summed E-state index contributed by atoms with van der Waals surface area (Å²) in [5.41, 5.74) is 2.58. The van der Waals surface area contributed by atoms with Gasteiger partial charge < -0.3 is 9.47 Å². The summed E-state index contributed by atoms with van der Waals surface area (Å²) in [5, 5.41) is 0. The van der Waals surface area contributed by atoms with E-state index in [0.717, 1.165) is 49.5 Å². The van der Waals surface area contributed by atoms with Gasteiger partial charge in [-0.1, -0.05) is 13.8 Å². The molecule has 27 heavy (non-hydrogen) atoms. The van der Waals surface area contributed by atoms with Crippen molar-refractivity contribution in [2.24, 2.45) is 11.8 Å². The summed E-state index contributed by atoms with van der Waals surface area (Å²) in [7, 11) is 0. The molecule has 2 atom stereocenters. The van der Waals surface area contributed by atoms with E-state index in [4.69, 9.17) is 4.98 Å². The van der Waals surface area contributed by atoms with Gasteiger partial charge in [0, 0.05) is 56.4 Å². The molecular weight excluding hydrogens is 336 g/mol. The van der Waals surface area contributed by atoms with E-state index < -0.39 is 0 Å². The van der Waals surface area contributed by atoms with E-state index >= 15 is 0 Å². The predicted octanol–water partition coefficient (Wildman–Crippen LogP) is 2.70. The maximum Gasteiger partial charge on any atom is 0.132 e. The Balaban J connectivity index is 1.22. The van der Waals surface area contributed by atoms with E-state index in [1.165, 1.54) is 43.9 Å². The number of imidazole rings is 1. The second-order valence-electron chi connectivity index (χ2n) is 8.85. The SMILES string of the molecule is CC(C)c1cc(N2CC3CN(Cc4ncc5n4CCCC5)CC3C2)ncn1. The Kier molecular flexibility index (Phi) is 4.38. The monoisotopic (exact) mass is 366 g/mol. The highest BCUT2D eigenvalue weighted by Gasteiger charge is 2.40. The number of anilines is 1. The molecule has 2 aromatic rings. The van der Waals surface area contributed by atoms with Gasteiger partial charge in [-0.15, -0.1) is 0 Å². The average Bonchev–Trinajstić information content (AvgIpc) is 3.36. The summed E-state index contributed by atoms with van der Waals surface area (Å²) in [4.78, 5) is 18.8. The first-order chi connectivity index (χ1) is 13.2. The highest BCUT2D eigenvalue weighted by atomic mass is 15.3. The number of likely N-dealkylation sites (tertiary alicyclic amines) is 1. The molecule has 0 aromatic carbocycles. The first kappa shape index (κ1) is 17.2. The Morgan fingerprint density at radius 2 is 1.85 bits per heavy atom. The van der Waals surface area contributed by atoms with Crippen LogP contribution in [-0.4, -0.2) is 50.6 Å². The third kappa shape index (κ3) is 3.24. The van der Waals surface area contributed by atoms with Crippen molar-refractivity contribution in [3.63, 3.8) is 0 Å². The number of nitrogens with zero attached hydrogens (tertiary/aromatic N) is 6. The summed E-state index contributed by atoms with van der Waals surface area (Å²) in [5.74, 6) is 4.33. The molecule has 2 fully saturated rings. The quantitative estimate of drug-likeness (QED) is 0.833. The molecule has 0 bridgehead atoms. The van der Waals surface area contributed by atoms with Crippen molar-refractivity contribution in [1.82, 2.24) is 24.4 Å². The van der Waals surface area contributed by atoms with Crippen molar-refractivity contribution < 1.29 is 0 Å². The summed E-state index contributed by atoms with van der Waals surface area (Å²) in [6.07, 6.45) is 7.65. The van der Waals surface area contributed by atoms with Crippen LogP contribution < -0.4 is 4.90 Å². The number of rotatable bonds is 4. The number of hydrogen-bond donors (Lipinski definition) is 0. The maximum absolute atomic E-state index is 4.74. The van der Waals surface area contributed by atoms with Gasteiger partial charge in [-0.2, -0.15) is 0 Å². The van der Waals surface area contributed by atoms with Gasteiger partial charge in [-0.25, -0.2) is 15.0 Å². The van der Waals surface area contributed by atoms with Crippen LogP contribution in [0.3, 0.4) is 0 Å². The molecule has 0 N–H and O–H groups in total. The smallest absolute Gasteiger partial charge is 0.132 e. The summed E-state index contributed by atoms with van der Waals surface area (Å²) >= 11 is 0. The van der Waals surface area contributed by atoms with Crippen molar-refractivity contribution in [3.05, 3.63) is 35.8 Å². The third-order valence-corrected chi connectivity index (χ3v) is 6.60. The molecule has 6 nitrogen and oxygen atoms in total. The number of fused-ring (bicyclic) bond motifs is 2. The van der Waals surface area contributed by atoms with Crippen LogP contribution in [0, 0.1) is 11.8 Å². The molecule has 0 spiro atoms. The Labute approximate surface area is 161 Å². The molecule has 5 rings (SSSR count). The van der Waals surface area contributed by atoms with Crippen LogP contribution in [0.5, 0.6) is 0 Å². The zero-order chi connectivity index (χ0) is 18.4. The Morgan fingerprint density at radius 1 is 1.04 bits per heavy atom. The lowest BCUT2D eigenvalue weighted by atomic mass is 10.0. The van der Waals surface area contributed by atoms with E-state index in [1.807, 2.05) is 0 Å². The second-order valence-corrected chi connectivity index (χ2v) is 8.85. The average molecular weight is 367 g/mol. The minimum atomic E-state index is 0.449. The molecule has 3 aliphatic rings. The molecule has 6 heteroatoms. The first-order valence-corrected chi connectivity index (χ1v) is 10.5. The highest BCUT2D eigenvalue weighted by Crippen LogP contribution is 2.34. The van der Waals surface area contributed by atoms with Gasteiger partial charge in [0.2, 0.25) is 0 Å². The minimum absolute atomic E-state index is 0.449. The fraction of sp³-hybridized carbons (Fsp3) is 0.667. The zero-order valence-electron chi connectivity index (χ0n) is 16.5. The number of aryl methyl sites for hydroxylation is 1. The standard InChI is InChI=1S/C21H30N6/c1-15(2)19-7-20(24-14-23-19)26-11-16-9-25(10-17(16)12-26)13-21-22-8-18-5-3-4-6-27(18)21/h7-8,14-17H,3-6,9-13H2,1-2H3. The van der Waals surface area contributed by atoms with Gasteiger partial charge in [0.1, 0.15) is 18.0 Å². The van der Waals surface area contributed by atoms with Crippen LogP contribution in [0.2, 0.25) is 0 Å². The molecule has 2 aromatic heterocycles. The van der Waals surface area contributed by atoms with Gasteiger partial charge in [-0.3, -0.25) is 4.90 Å². The zero-order valence-corrected chi connectivity index (χ0v) is 16.5. The summed E-state index contributed by atoms with van der Waals surface area (Å²) < 4.78 is 2.47. The van der Waals surface area contributed by atoms with E-state index in [9.17, 15) is 0 Å². The van der Waals surface area contributed by atoms with Gasteiger partial charge in [0.05, 0.1) is 6.54 Å². The van der Waals surface area contributed by atoms with E-state index in [1.54, 1.807) is 6.33 Å². The van der Waals surface area contributed by atoms with Crippen molar-refractivity contribution in [2.45, 2.75) is 52.1 Å². The molecule has 144 valence electrons. The van der Waals surface area contributed by atoms with Crippen LogP contribution >= 0.6 is 0 Å². The third-order valence-electron chi connectivity index (χ3n) is 6.60. The van der Waals surface area contributed by atoms with Gasteiger partial charge in [-0.05, 0) is 37.0 Å². The fourth-order valence-corrected chi connectivity index (χ4v) is 5.09. The predicted molar refractivity (Wildman–Crippen MR) is 106 cm³/mol. The van der Waals surface area contributed by atoms with E-state index in [2.05, 4.69) is 50.4 Å². The normalized spacial score (nSPS) is 25.2. The van der Waals surface area contributed by atoms with Crippen LogP contribution in [0.25, 0.3) is 0 Å². The van der Waals surface area contributed by atoms with E-state index in [-0.39, 0.29) is 0 Å². The lowest BCUT2D eigenvalue weighted by Gasteiger charge is -2.23. The van der Waals surface area contributed by atoms with Crippen molar-refractivity contribution in [1.29, 1.82) is 0 Å². The molecule has 3 aliphatic heterocycles. The van der Waals surface area contributed by atoms with Crippen molar-refractivity contribution in [2.75, 3.05) is 31.1 Å². The van der Waals surface area contributed by atoms with Crippen molar-refractivity contribution >= 4 is 5.82 Å². The molecule has 2 unspecified atom stereocenters. The molecule has 2 saturated heterocycles. The van der Waals surface area contributed by atoms with Crippen molar-refractivity contribution in [3.8, 4) is 0 Å². The minimum Gasteiger partial charge on any atom is -0.356 e. The topological polar surface area (TPSA) is 50.1 Å². The van der Waals surface area contributed by atoms with E-state index in [0.29, 0.717) is 5.92 Å². The Hall–Kier alpha value is -1.95. The van der Waals surface area contributed by atoms with Crippen LogP contribution in [-0.2, 0) is 19.5 Å². The summed E-state index contributed by atoms with van der Waals surface area (Å²) in [6, 6.07) is 2.18. The molecule has 5 heterocycles. The number of hydrogen-bond acceptors (Lipinski definition) is 5. The van der Waals surface area contributed by atoms with Crippen LogP contribution in [0.4, 0.5) is 5.82 Å². The van der Waals surface area contributed by atoms with Gasteiger partial charge in [0.25, 0.3) is 0 Å². The van der Waals surface area contributed by atoms with Crippen LogP contribution in [0.15, 0.2) is 18.6 Å². The molecule has 0 aliphatic carbocycles. The first-order valence-electron chi connectivity index (χ1n) is 10.5.